The monoisotopic (exact) mass is 239 g/mol. The Kier molecular flexibility index (Phi) is 3.08. The Labute approximate surface area is 97.5 Å². The van der Waals surface area contributed by atoms with Crippen molar-refractivity contribution in [2.45, 2.75) is 12.5 Å². The Morgan fingerprint density at radius 2 is 2.50 bits per heavy atom. The highest BCUT2D eigenvalue weighted by atomic mass is 35.5. The highest BCUT2D eigenvalue weighted by Gasteiger charge is 2.26. The van der Waals surface area contributed by atoms with Gasteiger partial charge in [0.05, 0.1) is 13.7 Å². The summed E-state index contributed by atoms with van der Waals surface area (Å²) in [5.74, 6) is 1.32. The number of hydrogen-bond acceptors (Lipinski definition) is 3. The normalized spacial score (nSPS) is 17.2. The molecule has 84 valence electrons. The zero-order valence-corrected chi connectivity index (χ0v) is 9.44. The van der Waals surface area contributed by atoms with E-state index in [1.165, 1.54) is 0 Å². The summed E-state index contributed by atoms with van der Waals surface area (Å²) in [6.45, 7) is 0.311. The lowest BCUT2D eigenvalue weighted by Gasteiger charge is -2.09. The highest BCUT2D eigenvalue weighted by Crippen LogP contribution is 2.40. The van der Waals surface area contributed by atoms with Gasteiger partial charge < -0.3 is 9.47 Å². The van der Waals surface area contributed by atoms with Crippen LogP contribution in [0.1, 0.15) is 5.56 Å². The van der Waals surface area contributed by atoms with Gasteiger partial charge in [0, 0.05) is 28.0 Å². The molecule has 1 atom stereocenters. The number of halogens is 1. The number of rotatable bonds is 3. The minimum absolute atomic E-state index is 0.127. The molecule has 1 unspecified atom stereocenters. The Bertz CT molecular complexity index is 458. The standard InChI is InChI=1S/C10H10ClN3O2/c1-15-9-4-7(11)2-6-3-8(5-13-14-12)16-10(6)9/h2,4,8H,3,5H2,1H3. The molecule has 0 aliphatic carbocycles. The summed E-state index contributed by atoms with van der Waals surface area (Å²) in [6, 6.07) is 3.55. The summed E-state index contributed by atoms with van der Waals surface area (Å²) in [5, 5.41) is 4.11. The zero-order chi connectivity index (χ0) is 11.5. The fraction of sp³-hybridized carbons (Fsp3) is 0.400. The molecule has 1 aromatic carbocycles. The third-order valence-electron chi connectivity index (χ3n) is 2.40. The minimum atomic E-state index is -0.127. The maximum Gasteiger partial charge on any atom is 0.165 e. The first-order valence-electron chi connectivity index (χ1n) is 4.78. The summed E-state index contributed by atoms with van der Waals surface area (Å²) in [4.78, 5) is 2.71. The van der Waals surface area contributed by atoms with Gasteiger partial charge in [-0.2, -0.15) is 0 Å². The average Bonchev–Trinajstić information content (AvgIpc) is 2.67. The van der Waals surface area contributed by atoms with Crippen molar-refractivity contribution in [3.63, 3.8) is 0 Å². The molecule has 16 heavy (non-hydrogen) atoms. The van der Waals surface area contributed by atoms with E-state index in [4.69, 9.17) is 26.6 Å². The summed E-state index contributed by atoms with van der Waals surface area (Å²) < 4.78 is 10.8. The number of benzene rings is 1. The maximum atomic E-state index is 8.25. The summed E-state index contributed by atoms with van der Waals surface area (Å²) in [6.07, 6.45) is 0.559. The number of hydrogen-bond donors (Lipinski definition) is 0. The lowest BCUT2D eigenvalue weighted by molar-refractivity contribution is 0.231. The molecule has 2 rings (SSSR count). The smallest absolute Gasteiger partial charge is 0.165 e. The third-order valence-corrected chi connectivity index (χ3v) is 2.62. The topological polar surface area (TPSA) is 67.2 Å². The van der Waals surface area contributed by atoms with Crippen molar-refractivity contribution in [2.75, 3.05) is 13.7 Å². The summed E-state index contributed by atoms with van der Waals surface area (Å²) >= 11 is 5.94. The van der Waals surface area contributed by atoms with Crippen molar-refractivity contribution in [3.8, 4) is 11.5 Å². The molecule has 1 aromatic rings. The molecule has 0 radical (unpaired) electrons. The van der Waals surface area contributed by atoms with E-state index in [-0.39, 0.29) is 6.10 Å². The molecule has 0 amide bonds. The van der Waals surface area contributed by atoms with Gasteiger partial charge in [0.1, 0.15) is 6.10 Å². The lowest BCUT2D eigenvalue weighted by atomic mass is 10.1. The summed E-state index contributed by atoms with van der Waals surface area (Å²) in [7, 11) is 1.57. The van der Waals surface area contributed by atoms with Crippen LogP contribution in [0, 0.1) is 0 Å². The van der Waals surface area contributed by atoms with Crippen LogP contribution in [0.2, 0.25) is 5.02 Å². The molecule has 1 heterocycles. The number of nitrogens with zero attached hydrogens (tertiary/aromatic N) is 3. The second kappa shape index (κ2) is 4.51. The van der Waals surface area contributed by atoms with Gasteiger partial charge in [0.25, 0.3) is 0 Å². The molecule has 0 N–H and O–H groups in total. The van der Waals surface area contributed by atoms with Crippen molar-refractivity contribution in [3.05, 3.63) is 33.2 Å². The van der Waals surface area contributed by atoms with Crippen LogP contribution in [-0.4, -0.2) is 19.8 Å². The van der Waals surface area contributed by atoms with Crippen LogP contribution in [0.5, 0.6) is 11.5 Å². The first-order chi connectivity index (χ1) is 7.74. The number of fused-ring (bicyclic) bond motifs is 1. The highest BCUT2D eigenvalue weighted by molar-refractivity contribution is 6.30. The minimum Gasteiger partial charge on any atom is -0.493 e. The molecular formula is C10H10ClN3O2. The fourth-order valence-electron chi connectivity index (χ4n) is 1.74. The van der Waals surface area contributed by atoms with Gasteiger partial charge in [-0.3, -0.25) is 0 Å². The van der Waals surface area contributed by atoms with Crippen LogP contribution in [0.4, 0.5) is 0 Å². The first-order valence-corrected chi connectivity index (χ1v) is 5.16. The quantitative estimate of drug-likeness (QED) is 0.462. The van der Waals surface area contributed by atoms with E-state index in [0.717, 1.165) is 5.56 Å². The van der Waals surface area contributed by atoms with E-state index >= 15 is 0 Å². The van der Waals surface area contributed by atoms with Gasteiger partial charge in [-0.1, -0.05) is 16.7 Å². The van der Waals surface area contributed by atoms with Gasteiger partial charge in [-0.15, -0.1) is 0 Å². The van der Waals surface area contributed by atoms with E-state index in [2.05, 4.69) is 10.0 Å². The molecule has 0 saturated carbocycles. The van der Waals surface area contributed by atoms with E-state index in [0.29, 0.717) is 29.5 Å². The largest absolute Gasteiger partial charge is 0.493 e. The van der Waals surface area contributed by atoms with Crippen LogP contribution in [0.25, 0.3) is 10.4 Å². The molecule has 6 heteroatoms. The van der Waals surface area contributed by atoms with E-state index in [1.54, 1.807) is 13.2 Å². The van der Waals surface area contributed by atoms with Crippen LogP contribution in [0.3, 0.4) is 0 Å². The SMILES string of the molecule is COc1cc(Cl)cc2c1OC(CN=[N+]=[N-])C2. The van der Waals surface area contributed by atoms with E-state index < -0.39 is 0 Å². The molecule has 0 saturated heterocycles. The summed E-state index contributed by atoms with van der Waals surface area (Å²) in [5.41, 5.74) is 9.23. The van der Waals surface area contributed by atoms with Crippen LogP contribution < -0.4 is 9.47 Å². The van der Waals surface area contributed by atoms with Crippen molar-refractivity contribution < 1.29 is 9.47 Å². The predicted octanol–water partition coefficient (Wildman–Crippen LogP) is 2.96. The average molecular weight is 240 g/mol. The first kappa shape index (κ1) is 10.9. The molecule has 5 nitrogen and oxygen atoms in total. The molecule has 1 aliphatic rings. The van der Waals surface area contributed by atoms with Gasteiger partial charge in [-0.25, -0.2) is 0 Å². The Morgan fingerprint density at radius 3 is 3.19 bits per heavy atom. The molecule has 0 bridgehead atoms. The zero-order valence-electron chi connectivity index (χ0n) is 8.68. The number of ether oxygens (including phenoxy) is 2. The molecule has 0 aromatic heterocycles. The van der Waals surface area contributed by atoms with E-state index in [1.807, 2.05) is 6.07 Å². The third kappa shape index (κ3) is 2.01. The predicted molar refractivity (Wildman–Crippen MR) is 60.1 cm³/mol. The van der Waals surface area contributed by atoms with Crippen molar-refractivity contribution >= 4 is 11.6 Å². The second-order valence-corrected chi connectivity index (χ2v) is 3.89. The van der Waals surface area contributed by atoms with Crippen molar-refractivity contribution in [1.29, 1.82) is 0 Å². The van der Waals surface area contributed by atoms with Gasteiger partial charge in [-0.05, 0) is 11.6 Å². The van der Waals surface area contributed by atoms with E-state index in [9.17, 15) is 0 Å². The van der Waals surface area contributed by atoms with Gasteiger partial charge in [0.15, 0.2) is 11.5 Å². The fourth-order valence-corrected chi connectivity index (χ4v) is 1.97. The van der Waals surface area contributed by atoms with Crippen LogP contribution in [0.15, 0.2) is 17.2 Å². The molecule has 0 spiro atoms. The van der Waals surface area contributed by atoms with Crippen molar-refractivity contribution in [2.24, 2.45) is 5.11 Å². The van der Waals surface area contributed by atoms with Gasteiger partial charge >= 0.3 is 0 Å². The molecule has 0 fully saturated rings. The van der Waals surface area contributed by atoms with Crippen LogP contribution in [-0.2, 0) is 6.42 Å². The maximum absolute atomic E-state index is 8.25. The molecule has 1 aliphatic heterocycles. The second-order valence-electron chi connectivity index (χ2n) is 3.45. The number of azide groups is 1. The molecular weight excluding hydrogens is 230 g/mol. The lowest BCUT2D eigenvalue weighted by Crippen LogP contribution is -2.16. The van der Waals surface area contributed by atoms with Crippen LogP contribution >= 0.6 is 11.6 Å². The Morgan fingerprint density at radius 1 is 1.69 bits per heavy atom. The van der Waals surface area contributed by atoms with Gasteiger partial charge in [0.2, 0.25) is 0 Å². The Balaban J connectivity index is 2.25. The number of methoxy groups -OCH3 is 1. The van der Waals surface area contributed by atoms with Crippen molar-refractivity contribution in [1.82, 2.24) is 0 Å². The Hall–Kier alpha value is -1.58.